The van der Waals surface area contributed by atoms with Crippen LogP contribution in [-0.2, 0) is 11.3 Å². The lowest BCUT2D eigenvalue weighted by Crippen LogP contribution is -2.40. The maximum atomic E-state index is 12.6. The zero-order valence-electron chi connectivity index (χ0n) is 15.2. The molecule has 5 rings (SSSR count). The third-order valence-corrected chi connectivity index (χ3v) is 6.13. The SMILES string of the molecule is O=C(NCc1nc2ccccc2s1)C1CCN(c2ccc3nncn3n2)CC1. The van der Waals surface area contributed by atoms with E-state index in [0.717, 1.165) is 52.6 Å². The van der Waals surface area contributed by atoms with Gasteiger partial charge in [0.05, 0.1) is 16.8 Å². The molecule has 0 atom stereocenters. The van der Waals surface area contributed by atoms with Crippen LogP contribution in [0.3, 0.4) is 0 Å². The maximum absolute atomic E-state index is 12.6. The molecule has 9 heteroatoms. The number of carbonyl (C=O) groups is 1. The van der Waals surface area contributed by atoms with Gasteiger partial charge in [-0.2, -0.15) is 4.52 Å². The van der Waals surface area contributed by atoms with Crippen LogP contribution in [0, 0.1) is 5.92 Å². The molecule has 0 saturated carbocycles. The lowest BCUT2D eigenvalue weighted by Gasteiger charge is -2.31. The summed E-state index contributed by atoms with van der Waals surface area (Å²) >= 11 is 1.63. The smallest absolute Gasteiger partial charge is 0.223 e. The van der Waals surface area contributed by atoms with Crippen molar-refractivity contribution in [3.63, 3.8) is 0 Å². The summed E-state index contributed by atoms with van der Waals surface area (Å²) in [6.45, 7) is 2.10. The topological polar surface area (TPSA) is 88.3 Å². The molecule has 0 unspecified atom stereocenters. The molecule has 28 heavy (non-hydrogen) atoms. The Balaban J connectivity index is 1.17. The average Bonchev–Trinajstić information content (AvgIpc) is 3.37. The minimum atomic E-state index is 0.0317. The second-order valence-corrected chi connectivity index (χ2v) is 7.99. The van der Waals surface area contributed by atoms with Crippen molar-refractivity contribution in [2.45, 2.75) is 19.4 Å². The minimum absolute atomic E-state index is 0.0317. The molecule has 1 aromatic carbocycles. The first kappa shape index (κ1) is 17.1. The van der Waals surface area contributed by atoms with Crippen molar-refractivity contribution in [2.75, 3.05) is 18.0 Å². The van der Waals surface area contributed by atoms with Gasteiger partial charge in [0.1, 0.15) is 17.2 Å². The van der Waals surface area contributed by atoms with E-state index in [1.165, 1.54) is 0 Å². The molecule has 1 aliphatic rings. The molecule has 1 saturated heterocycles. The summed E-state index contributed by atoms with van der Waals surface area (Å²) in [5.74, 6) is 1.03. The second-order valence-electron chi connectivity index (χ2n) is 6.88. The predicted molar refractivity (Wildman–Crippen MR) is 107 cm³/mol. The van der Waals surface area contributed by atoms with Gasteiger partial charge in [0.15, 0.2) is 5.65 Å². The number of aromatic nitrogens is 5. The van der Waals surface area contributed by atoms with Gasteiger partial charge in [-0.05, 0) is 37.1 Å². The van der Waals surface area contributed by atoms with Crippen molar-refractivity contribution in [1.29, 1.82) is 0 Å². The molecular weight excluding hydrogens is 374 g/mol. The number of hydrogen-bond acceptors (Lipinski definition) is 7. The van der Waals surface area contributed by atoms with Crippen LogP contribution in [0.1, 0.15) is 17.8 Å². The van der Waals surface area contributed by atoms with Gasteiger partial charge in [-0.1, -0.05) is 12.1 Å². The lowest BCUT2D eigenvalue weighted by molar-refractivity contribution is -0.125. The Bertz CT molecular complexity index is 1100. The standard InChI is InChI=1S/C19H19N7OS/c27-19(20-11-18-22-14-3-1-2-4-15(14)28-18)13-7-9-25(10-8-13)17-6-5-16-23-21-12-26(16)24-17/h1-6,12-13H,7-11H2,(H,20,27). The molecule has 0 radical (unpaired) electrons. The number of piperidine rings is 1. The number of nitrogens with zero attached hydrogens (tertiary/aromatic N) is 6. The first-order valence-electron chi connectivity index (χ1n) is 9.30. The van der Waals surface area contributed by atoms with Crippen LogP contribution in [-0.4, -0.2) is 43.8 Å². The van der Waals surface area contributed by atoms with Crippen LogP contribution in [0.25, 0.3) is 15.9 Å². The molecule has 0 bridgehead atoms. The molecule has 0 aliphatic carbocycles. The van der Waals surface area contributed by atoms with E-state index in [9.17, 15) is 4.79 Å². The Kier molecular flexibility index (Phi) is 4.36. The minimum Gasteiger partial charge on any atom is -0.355 e. The van der Waals surface area contributed by atoms with Crippen molar-refractivity contribution in [3.05, 3.63) is 47.7 Å². The summed E-state index contributed by atoms with van der Waals surface area (Å²) in [6, 6.07) is 11.9. The van der Waals surface area contributed by atoms with Gasteiger partial charge in [0, 0.05) is 19.0 Å². The van der Waals surface area contributed by atoms with Gasteiger partial charge >= 0.3 is 0 Å². The Hall–Kier alpha value is -3.07. The number of anilines is 1. The van der Waals surface area contributed by atoms with Gasteiger partial charge < -0.3 is 10.2 Å². The quantitative estimate of drug-likeness (QED) is 0.572. The maximum Gasteiger partial charge on any atom is 0.223 e. The van der Waals surface area contributed by atoms with Crippen LogP contribution < -0.4 is 10.2 Å². The first-order chi connectivity index (χ1) is 13.8. The molecule has 0 spiro atoms. The number of carbonyl (C=O) groups excluding carboxylic acids is 1. The Morgan fingerprint density at radius 3 is 2.89 bits per heavy atom. The van der Waals surface area contributed by atoms with Crippen molar-refractivity contribution in [2.24, 2.45) is 5.92 Å². The van der Waals surface area contributed by atoms with E-state index in [0.29, 0.717) is 6.54 Å². The van der Waals surface area contributed by atoms with E-state index in [1.54, 1.807) is 22.2 Å². The van der Waals surface area contributed by atoms with E-state index in [-0.39, 0.29) is 11.8 Å². The number of hydrogen-bond donors (Lipinski definition) is 1. The fraction of sp³-hybridized carbons (Fsp3) is 0.316. The summed E-state index contributed by atoms with van der Waals surface area (Å²) in [5.41, 5.74) is 1.72. The molecular formula is C19H19N7OS. The Morgan fingerprint density at radius 2 is 2.04 bits per heavy atom. The highest BCUT2D eigenvalue weighted by molar-refractivity contribution is 7.18. The molecule has 142 valence electrons. The van der Waals surface area contributed by atoms with Gasteiger partial charge in [-0.15, -0.1) is 26.6 Å². The number of para-hydroxylation sites is 1. The summed E-state index contributed by atoms with van der Waals surface area (Å²) in [4.78, 5) is 19.4. The van der Waals surface area contributed by atoms with Crippen LogP contribution in [0.15, 0.2) is 42.7 Å². The summed E-state index contributed by atoms with van der Waals surface area (Å²) in [5, 5.41) is 16.4. The zero-order chi connectivity index (χ0) is 18.9. The van der Waals surface area contributed by atoms with Gasteiger partial charge in [0.2, 0.25) is 5.91 Å². The van der Waals surface area contributed by atoms with E-state index in [2.05, 4.69) is 36.6 Å². The fourth-order valence-corrected chi connectivity index (χ4v) is 4.47. The highest BCUT2D eigenvalue weighted by atomic mass is 32.1. The number of thiazole rings is 1. The summed E-state index contributed by atoms with van der Waals surface area (Å²) < 4.78 is 2.82. The van der Waals surface area contributed by atoms with E-state index >= 15 is 0 Å². The predicted octanol–water partition coefficient (Wildman–Crippen LogP) is 2.27. The largest absolute Gasteiger partial charge is 0.355 e. The zero-order valence-corrected chi connectivity index (χ0v) is 16.0. The van der Waals surface area contributed by atoms with Crippen molar-refractivity contribution >= 4 is 38.9 Å². The molecule has 4 heterocycles. The Morgan fingerprint density at radius 1 is 1.18 bits per heavy atom. The molecule has 1 amide bonds. The second kappa shape index (κ2) is 7.16. The highest BCUT2D eigenvalue weighted by Gasteiger charge is 2.26. The van der Waals surface area contributed by atoms with E-state index in [4.69, 9.17) is 0 Å². The summed E-state index contributed by atoms with van der Waals surface area (Å²) in [6.07, 6.45) is 3.22. The molecule has 1 N–H and O–H groups in total. The number of amides is 1. The van der Waals surface area contributed by atoms with Crippen LogP contribution in [0.5, 0.6) is 0 Å². The molecule has 3 aromatic heterocycles. The van der Waals surface area contributed by atoms with Gasteiger partial charge in [0.25, 0.3) is 0 Å². The number of nitrogens with one attached hydrogen (secondary N) is 1. The molecule has 1 fully saturated rings. The normalized spacial score (nSPS) is 15.4. The molecule has 8 nitrogen and oxygen atoms in total. The third kappa shape index (κ3) is 3.29. The third-order valence-electron chi connectivity index (χ3n) is 5.09. The number of rotatable bonds is 4. The van der Waals surface area contributed by atoms with Crippen molar-refractivity contribution in [1.82, 2.24) is 30.1 Å². The van der Waals surface area contributed by atoms with Crippen molar-refractivity contribution in [3.8, 4) is 0 Å². The van der Waals surface area contributed by atoms with Gasteiger partial charge in [-0.3, -0.25) is 4.79 Å². The average molecular weight is 393 g/mol. The van der Waals surface area contributed by atoms with Crippen LogP contribution in [0.4, 0.5) is 5.82 Å². The van der Waals surface area contributed by atoms with E-state index < -0.39 is 0 Å². The molecule has 4 aromatic rings. The van der Waals surface area contributed by atoms with Crippen LogP contribution in [0.2, 0.25) is 0 Å². The summed E-state index contributed by atoms with van der Waals surface area (Å²) in [7, 11) is 0. The van der Waals surface area contributed by atoms with Crippen molar-refractivity contribution < 1.29 is 4.79 Å². The monoisotopic (exact) mass is 393 g/mol. The van der Waals surface area contributed by atoms with E-state index in [1.807, 2.05) is 30.3 Å². The highest BCUT2D eigenvalue weighted by Crippen LogP contribution is 2.23. The fourth-order valence-electron chi connectivity index (χ4n) is 3.56. The molecule has 1 aliphatic heterocycles. The first-order valence-corrected chi connectivity index (χ1v) is 10.1. The lowest BCUT2D eigenvalue weighted by atomic mass is 9.96. The number of benzene rings is 1. The Labute approximate surface area is 165 Å². The van der Waals surface area contributed by atoms with Crippen LogP contribution >= 0.6 is 11.3 Å². The number of fused-ring (bicyclic) bond motifs is 2. The van der Waals surface area contributed by atoms with Gasteiger partial charge in [-0.25, -0.2) is 4.98 Å².